The lowest BCUT2D eigenvalue weighted by Gasteiger charge is -2.26. The molecule has 6 nitrogen and oxygen atoms in total. The van der Waals surface area contributed by atoms with Crippen molar-refractivity contribution in [2.24, 2.45) is 5.73 Å². The number of carbonyl (C=O) groups excluding carboxylic acids is 1. The van der Waals surface area contributed by atoms with Crippen LogP contribution >= 0.6 is 12.4 Å². The van der Waals surface area contributed by atoms with Crippen LogP contribution in [-0.2, 0) is 14.8 Å². The summed E-state index contributed by atoms with van der Waals surface area (Å²) in [6, 6.07) is 4.47. The molecule has 24 heavy (non-hydrogen) atoms. The van der Waals surface area contributed by atoms with Crippen LogP contribution < -0.4 is 15.8 Å². The van der Waals surface area contributed by atoms with Crippen molar-refractivity contribution in [2.45, 2.75) is 43.5 Å². The van der Waals surface area contributed by atoms with Gasteiger partial charge in [0.05, 0.1) is 4.90 Å². The first-order chi connectivity index (χ1) is 10.7. The largest absolute Gasteiger partial charge is 0.354 e. The Morgan fingerprint density at radius 1 is 1.21 bits per heavy atom. The maximum absolute atomic E-state index is 12.8. The minimum atomic E-state index is -3.75. The minimum absolute atomic E-state index is 0. The van der Waals surface area contributed by atoms with Crippen LogP contribution in [0.4, 0.5) is 4.39 Å². The second-order valence-corrected chi connectivity index (χ2v) is 7.21. The van der Waals surface area contributed by atoms with Gasteiger partial charge in [-0.2, -0.15) is 0 Å². The molecule has 0 radical (unpaired) electrons. The predicted octanol–water partition coefficient (Wildman–Crippen LogP) is 1.55. The summed E-state index contributed by atoms with van der Waals surface area (Å²) in [6.07, 6.45) is 1.48. The zero-order valence-corrected chi connectivity index (χ0v) is 15.5. The minimum Gasteiger partial charge on any atom is -0.354 e. The molecule has 1 rings (SSSR count). The number of hydrogen-bond donors (Lipinski definition) is 3. The van der Waals surface area contributed by atoms with Gasteiger partial charge in [-0.05, 0) is 37.1 Å². The average Bonchev–Trinajstić information content (AvgIpc) is 2.53. The highest BCUT2D eigenvalue weighted by Gasteiger charge is 2.21. The topological polar surface area (TPSA) is 101 Å². The van der Waals surface area contributed by atoms with Gasteiger partial charge >= 0.3 is 0 Å². The number of halogens is 2. The van der Waals surface area contributed by atoms with E-state index in [2.05, 4.69) is 10.0 Å². The molecule has 0 saturated heterocycles. The first-order valence-electron chi connectivity index (χ1n) is 7.53. The Labute approximate surface area is 148 Å². The molecule has 0 aromatic heterocycles. The lowest BCUT2D eigenvalue weighted by atomic mass is 9.94. The fourth-order valence-corrected chi connectivity index (χ4v) is 2.89. The summed E-state index contributed by atoms with van der Waals surface area (Å²) in [7, 11) is -3.75. The van der Waals surface area contributed by atoms with E-state index in [1.807, 2.05) is 13.8 Å². The van der Waals surface area contributed by atoms with E-state index in [1.54, 1.807) is 0 Å². The van der Waals surface area contributed by atoms with Crippen LogP contribution in [0.2, 0.25) is 0 Å². The first-order valence-corrected chi connectivity index (χ1v) is 9.01. The SMILES string of the molecule is CCC(N)(CC)CNC(=O)CCNS(=O)(=O)c1ccc(F)cc1.Cl. The number of nitrogens with two attached hydrogens (primary N) is 1. The molecule has 0 aliphatic rings. The number of hydrogen-bond acceptors (Lipinski definition) is 4. The summed E-state index contributed by atoms with van der Waals surface area (Å²) in [5.74, 6) is -0.788. The molecular formula is C15H25ClFN3O3S. The van der Waals surface area contributed by atoms with E-state index in [-0.39, 0.29) is 36.2 Å². The zero-order chi connectivity index (χ0) is 17.5. The molecule has 1 amide bonds. The van der Waals surface area contributed by atoms with E-state index in [0.29, 0.717) is 6.54 Å². The monoisotopic (exact) mass is 381 g/mol. The Morgan fingerprint density at radius 3 is 2.25 bits per heavy atom. The van der Waals surface area contributed by atoms with Gasteiger partial charge in [-0.15, -0.1) is 12.4 Å². The van der Waals surface area contributed by atoms with E-state index >= 15 is 0 Å². The smallest absolute Gasteiger partial charge is 0.240 e. The second kappa shape index (κ2) is 9.93. The summed E-state index contributed by atoms with van der Waals surface area (Å²) < 4.78 is 39.0. The third-order valence-corrected chi connectivity index (χ3v) is 5.29. The van der Waals surface area contributed by atoms with Crippen molar-refractivity contribution in [1.29, 1.82) is 0 Å². The highest BCUT2D eigenvalue weighted by Crippen LogP contribution is 2.10. The summed E-state index contributed by atoms with van der Waals surface area (Å²) in [6.45, 7) is 4.21. The van der Waals surface area contributed by atoms with Crippen molar-refractivity contribution in [3.63, 3.8) is 0 Å². The molecule has 0 heterocycles. The van der Waals surface area contributed by atoms with Gasteiger partial charge < -0.3 is 11.1 Å². The number of rotatable bonds is 9. The van der Waals surface area contributed by atoms with Crippen LogP contribution in [0.25, 0.3) is 0 Å². The van der Waals surface area contributed by atoms with Gasteiger partial charge in [0.15, 0.2) is 0 Å². The molecule has 0 saturated carbocycles. The Hall–Kier alpha value is -1.22. The van der Waals surface area contributed by atoms with Crippen LogP contribution in [0.15, 0.2) is 29.2 Å². The molecule has 4 N–H and O–H groups in total. The number of nitrogens with one attached hydrogen (secondary N) is 2. The van der Waals surface area contributed by atoms with E-state index in [1.165, 1.54) is 12.1 Å². The molecule has 1 aromatic rings. The van der Waals surface area contributed by atoms with Gasteiger partial charge in [-0.25, -0.2) is 17.5 Å². The van der Waals surface area contributed by atoms with E-state index in [4.69, 9.17) is 5.73 Å². The summed E-state index contributed by atoms with van der Waals surface area (Å²) in [4.78, 5) is 11.7. The summed E-state index contributed by atoms with van der Waals surface area (Å²) >= 11 is 0. The number of benzene rings is 1. The Kier molecular flexibility index (Phi) is 9.42. The third kappa shape index (κ3) is 7.12. The van der Waals surface area contributed by atoms with Gasteiger partial charge in [0.2, 0.25) is 15.9 Å². The zero-order valence-electron chi connectivity index (χ0n) is 13.8. The van der Waals surface area contributed by atoms with Crippen molar-refractivity contribution < 1.29 is 17.6 Å². The maximum atomic E-state index is 12.8. The molecule has 0 unspecified atom stereocenters. The van der Waals surface area contributed by atoms with Crippen molar-refractivity contribution in [3.05, 3.63) is 30.1 Å². The standard InChI is InChI=1S/C15H24FN3O3S.ClH/c1-3-15(17,4-2)11-18-14(20)9-10-19-23(21,22)13-7-5-12(16)6-8-13;/h5-8,19H,3-4,9-11,17H2,1-2H3,(H,18,20);1H. The van der Waals surface area contributed by atoms with E-state index in [0.717, 1.165) is 25.0 Å². The van der Waals surface area contributed by atoms with E-state index in [9.17, 15) is 17.6 Å². The van der Waals surface area contributed by atoms with Gasteiger partial charge in [-0.1, -0.05) is 13.8 Å². The molecule has 0 bridgehead atoms. The molecule has 138 valence electrons. The lowest BCUT2D eigenvalue weighted by Crippen LogP contribution is -2.49. The highest BCUT2D eigenvalue weighted by molar-refractivity contribution is 7.89. The quantitative estimate of drug-likeness (QED) is 0.604. The van der Waals surface area contributed by atoms with E-state index < -0.39 is 21.4 Å². The maximum Gasteiger partial charge on any atom is 0.240 e. The fourth-order valence-electron chi connectivity index (χ4n) is 1.86. The molecule has 0 spiro atoms. The number of carbonyl (C=O) groups is 1. The predicted molar refractivity (Wildman–Crippen MR) is 94.0 cm³/mol. The van der Waals surface area contributed by atoms with Crippen molar-refractivity contribution >= 4 is 28.3 Å². The second-order valence-electron chi connectivity index (χ2n) is 5.45. The summed E-state index contributed by atoms with van der Waals surface area (Å²) in [5.41, 5.74) is 5.63. The first kappa shape index (κ1) is 22.8. The van der Waals surface area contributed by atoms with Gasteiger partial charge in [-0.3, -0.25) is 4.79 Å². The Bertz CT molecular complexity index is 619. The molecule has 0 aliphatic carbocycles. The fraction of sp³-hybridized carbons (Fsp3) is 0.533. The normalized spacial score (nSPS) is 11.7. The summed E-state index contributed by atoms with van der Waals surface area (Å²) in [5, 5.41) is 2.71. The van der Waals surface area contributed by atoms with Crippen LogP contribution in [0, 0.1) is 5.82 Å². The van der Waals surface area contributed by atoms with Gasteiger partial charge in [0.1, 0.15) is 5.82 Å². The molecular weight excluding hydrogens is 357 g/mol. The highest BCUT2D eigenvalue weighted by atomic mass is 35.5. The van der Waals surface area contributed by atoms with Crippen LogP contribution in [0.1, 0.15) is 33.1 Å². The lowest BCUT2D eigenvalue weighted by molar-refractivity contribution is -0.121. The molecule has 0 atom stereocenters. The van der Waals surface area contributed by atoms with Crippen molar-refractivity contribution in [3.8, 4) is 0 Å². The van der Waals surface area contributed by atoms with Crippen molar-refractivity contribution in [1.82, 2.24) is 10.0 Å². The number of amides is 1. The molecule has 9 heteroatoms. The molecule has 1 aromatic carbocycles. The van der Waals surface area contributed by atoms with Crippen LogP contribution in [0.5, 0.6) is 0 Å². The average molecular weight is 382 g/mol. The Balaban J connectivity index is 0.00000529. The number of sulfonamides is 1. The Morgan fingerprint density at radius 2 is 1.75 bits per heavy atom. The molecule has 0 fully saturated rings. The van der Waals surface area contributed by atoms with Crippen molar-refractivity contribution in [2.75, 3.05) is 13.1 Å². The van der Waals surface area contributed by atoms with Gasteiger partial charge in [0, 0.05) is 25.0 Å². The van der Waals surface area contributed by atoms with Gasteiger partial charge in [0.25, 0.3) is 0 Å². The van der Waals surface area contributed by atoms with Crippen LogP contribution in [-0.4, -0.2) is 33.0 Å². The molecule has 0 aliphatic heterocycles. The third-order valence-electron chi connectivity index (χ3n) is 3.81. The van der Waals surface area contributed by atoms with Crippen LogP contribution in [0.3, 0.4) is 0 Å².